The zero-order chi connectivity index (χ0) is 34.8. The summed E-state index contributed by atoms with van der Waals surface area (Å²) in [5, 5.41) is 38.4. The summed E-state index contributed by atoms with van der Waals surface area (Å²) in [6.07, 6.45) is 9.42. The van der Waals surface area contributed by atoms with Crippen LogP contribution in [-0.4, -0.2) is 74.6 Å². The number of carboxylic acids is 2. The Morgan fingerprint density at radius 2 is 1.32 bits per heavy atom. The highest BCUT2D eigenvalue weighted by atomic mass is 124. The number of hydrazone groups is 1. The van der Waals surface area contributed by atoms with Crippen LogP contribution in [0, 0.1) is 7.14 Å². The molecule has 1 aromatic heterocycles. The molecule has 0 spiro atoms. The Kier molecular flexibility index (Phi) is 10.5. The van der Waals surface area contributed by atoms with Crippen molar-refractivity contribution < 1.29 is 55.6 Å². The quantitative estimate of drug-likeness (QED) is 0.0847. The third-order valence-corrected chi connectivity index (χ3v) is 9.47. The first kappa shape index (κ1) is 35.6. The lowest BCUT2D eigenvalue weighted by Gasteiger charge is -2.14. The molecule has 0 bridgehead atoms. The fourth-order valence-electron chi connectivity index (χ4n) is 3.92. The highest BCUT2D eigenvalue weighted by Gasteiger charge is 2.35. The lowest BCUT2D eigenvalue weighted by molar-refractivity contribution is -0.129. The standard InChI is InChI=1S/C27H18I2N4O12S2/c28-18-12-14(46(40,41)42)8-10-20(18)32-24(34)16(22(30-32)26(36)37)6-4-2-1-3-5-7-17-23(27(38)39)31-33(25(17)35)21-11-9-15(13-19(21)29)47(43,44)45/h1-13,34H,(H,36,37)(H,38,39)(H,40,41,42)(H,43,44,45)/b2-1+,5-3+,6-4+,17-7-/i28-3,29-3. The molecule has 2 heterocycles. The lowest BCUT2D eigenvalue weighted by Crippen LogP contribution is -2.23. The molecule has 1 aliphatic heterocycles. The van der Waals surface area contributed by atoms with Crippen LogP contribution in [0.5, 0.6) is 5.88 Å². The van der Waals surface area contributed by atoms with Crippen molar-refractivity contribution in [3.63, 3.8) is 0 Å². The number of amides is 1. The molecular weight excluding hydrogens is 884 g/mol. The maximum absolute atomic E-state index is 13.0. The molecule has 1 amide bonds. The molecule has 3 aromatic rings. The third kappa shape index (κ3) is 7.84. The number of aromatic carboxylic acids is 1. The molecule has 5 N–H and O–H groups in total. The van der Waals surface area contributed by atoms with Gasteiger partial charge in [0.25, 0.3) is 26.1 Å². The molecule has 0 unspecified atom stereocenters. The number of aromatic hydroxyl groups is 1. The van der Waals surface area contributed by atoms with Crippen LogP contribution < -0.4 is 5.01 Å². The maximum atomic E-state index is 13.0. The van der Waals surface area contributed by atoms with Crippen molar-refractivity contribution in [3.05, 3.63) is 96.8 Å². The van der Waals surface area contributed by atoms with Crippen molar-refractivity contribution in [2.75, 3.05) is 5.01 Å². The fourth-order valence-corrected chi connectivity index (χ4v) is 6.85. The van der Waals surface area contributed by atoms with Gasteiger partial charge in [0.1, 0.15) is 0 Å². The van der Waals surface area contributed by atoms with Crippen LogP contribution >= 0.6 is 45.2 Å². The molecular formula is C27H18I2N4O12S2. The predicted octanol–water partition coefficient (Wildman–Crippen LogP) is 3.52. The van der Waals surface area contributed by atoms with Gasteiger partial charge in [0.05, 0.1) is 32.3 Å². The van der Waals surface area contributed by atoms with E-state index in [-0.39, 0.29) is 29.7 Å². The number of hydrogen-bond acceptors (Lipinski definition) is 10. The van der Waals surface area contributed by atoms with Gasteiger partial charge >= 0.3 is 11.9 Å². The first-order valence-electron chi connectivity index (χ1n) is 12.4. The number of halogens is 2. The van der Waals surface area contributed by atoms with E-state index in [4.69, 9.17) is 0 Å². The number of aliphatic carboxylic acids is 1. The lowest BCUT2D eigenvalue weighted by atomic mass is 10.1. The van der Waals surface area contributed by atoms with E-state index in [2.05, 4.69) is 10.2 Å². The van der Waals surface area contributed by atoms with Crippen molar-refractivity contribution in [2.24, 2.45) is 5.10 Å². The molecule has 0 saturated heterocycles. The Bertz CT molecular complexity index is 2220. The van der Waals surface area contributed by atoms with Gasteiger partial charge in [-0.25, -0.2) is 9.59 Å². The SMILES string of the molecule is O=C(O)C1=NN(c2ccc(S(=O)(=O)O)cc2[124I])C(=O)\C1=C/C=C/C=C/C=C/c1c(C(=O)O)nn(-c2ccc(S(=O)(=O)O)cc2[124I])c1O. The summed E-state index contributed by atoms with van der Waals surface area (Å²) in [6.45, 7) is 0. The van der Waals surface area contributed by atoms with Crippen LogP contribution in [0.15, 0.2) is 93.3 Å². The van der Waals surface area contributed by atoms with Gasteiger partial charge in [0.15, 0.2) is 11.4 Å². The average Bonchev–Trinajstić information content (AvgIpc) is 3.48. The molecule has 16 nitrogen and oxygen atoms in total. The van der Waals surface area contributed by atoms with E-state index in [0.717, 1.165) is 34.0 Å². The molecule has 0 saturated carbocycles. The molecule has 244 valence electrons. The summed E-state index contributed by atoms with van der Waals surface area (Å²) in [7, 11) is -9.02. The van der Waals surface area contributed by atoms with E-state index in [1.807, 2.05) is 0 Å². The number of benzene rings is 2. The number of carboxylic acid groups (broad SMARTS) is 2. The van der Waals surface area contributed by atoms with Crippen molar-refractivity contribution in [2.45, 2.75) is 9.79 Å². The molecule has 0 atom stereocenters. The minimum absolute atomic E-state index is 0.0799. The highest BCUT2D eigenvalue weighted by Crippen LogP contribution is 2.31. The van der Waals surface area contributed by atoms with Crippen molar-refractivity contribution in [3.8, 4) is 11.6 Å². The van der Waals surface area contributed by atoms with E-state index in [9.17, 15) is 55.6 Å². The second-order valence-electron chi connectivity index (χ2n) is 9.06. The molecule has 2 aromatic carbocycles. The summed E-state index contributed by atoms with van der Waals surface area (Å²) in [6, 6.07) is 6.70. The minimum atomic E-state index is -4.51. The number of carbonyl (C=O) groups excluding carboxylic acids is 1. The molecule has 0 fully saturated rings. The van der Waals surface area contributed by atoms with Gasteiger partial charge < -0.3 is 15.3 Å². The Labute approximate surface area is 292 Å². The Balaban J connectivity index is 1.54. The van der Waals surface area contributed by atoms with Gasteiger partial charge in [0, 0.05) is 7.14 Å². The molecule has 0 aliphatic carbocycles. The third-order valence-electron chi connectivity index (χ3n) is 6.04. The summed E-state index contributed by atoms with van der Waals surface area (Å²) in [5.74, 6) is -4.35. The summed E-state index contributed by atoms with van der Waals surface area (Å²) in [4.78, 5) is 35.7. The molecule has 0 radical (unpaired) electrons. The van der Waals surface area contributed by atoms with Crippen LogP contribution in [0.1, 0.15) is 16.1 Å². The molecule has 4 rings (SSSR count). The van der Waals surface area contributed by atoms with Crippen molar-refractivity contribution in [1.82, 2.24) is 9.78 Å². The fraction of sp³-hybridized carbons (Fsp3) is 0. The summed E-state index contributed by atoms with van der Waals surface area (Å²) >= 11 is 3.44. The number of aromatic nitrogens is 2. The second kappa shape index (κ2) is 13.9. The molecule has 47 heavy (non-hydrogen) atoms. The predicted molar refractivity (Wildman–Crippen MR) is 182 cm³/mol. The van der Waals surface area contributed by atoms with Crippen molar-refractivity contribution in [1.29, 1.82) is 0 Å². The Hall–Kier alpha value is -4.23. The smallest absolute Gasteiger partial charge is 0.357 e. The van der Waals surface area contributed by atoms with Gasteiger partial charge in [-0.3, -0.25) is 13.9 Å². The van der Waals surface area contributed by atoms with E-state index in [1.165, 1.54) is 54.7 Å². The van der Waals surface area contributed by atoms with E-state index in [1.54, 1.807) is 45.2 Å². The molecule has 1 aliphatic rings. The van der Waals surface area contributed by atoms with Gasteiger partial charge in [0.2, 0.25) is 5.88 Å². The van der Waals surface area contributed by atoms with E-state index >= 15 is 0 Å². The van der Waals surface area contributed by atoms with Crippen LogP contribution in [0.3, 0.4) is 0 Å². The average molecular weight is 902 g/mol. The Morgan fingerprint density at radius 3 is 1.83 bits per heavy atom. The minimum Gasteiger partial charge on any atom is -0.493 e. The summed E-state index contributed by atoms with van der Waals surface area (Å²) < 4.78 is 65.4. The van der Waals surface area contributed by atoms with Gasteiger partial charge in [-0.2, -0.15) is 36.7 Å². The van der Waals surface area contributed by atoms with Crippen LogP contribution in [0.4, 0.5) is 5.69 Å². The normalized spacial score (nSPS) is 15.1. The zero-order valence-corrected chi connectivity index (χ0v) is 28.9. The zero-order valence-electron chi connectivity index (χ0n) is 23.0. The number of nitrogens with zero attached hydrogens (tertiary/aromatic N) is 4. The first-order valence-corrected chi connectivity index (χ1v) is 17.4. The first-order chi connectivity index (χ1) is 21.9. The largest absolute Gasteiger partial charge is 0.493 e. The Morgan fingerprint density at radius 1 is 0.787 bits per heavy atom. The maximum Gasteiger partial charge on any atom is 0.357 e. The van der Waals surface area contributed by atoms with Crippen LogP contribution in [0.25, 0.3) is 11.8 Å². The second-order valence-corrected chi connectivity index (χ2v) is 14.2. The van der Waals surface area contributed by atoms with Crippen molar-refractivity contribution >= 4 is 101 Å². The van der Waals surface area contributed by atoms with Gasteiger partial charge in [-0.05, 0) is 93.7 Å². The summed E-state index contributed by atoms with van der Waals surface area (Å²) in [5.41, 5.74) is -1.34. The van der Waals surface area contributed by atoms with E-state index < -0.39 is 65.2 Å². The van der Waals surface area contributed by atoms with E-state index in [0.29, 0.717) is 0 Å². The number of anilines is 1. The number of allylic oxidation sites excluding steroid dienone is 6. The van der Waals surface area contributed by atoms with Gasteiger partial charge in [-0.1, -0.05) is 30.4 Å². The highest BCUT2D eigenvalue weighted by molar-refractivity contribution is 14.1. The van der Waals surface area contributed by atoms with Crippen LogP contribution in [0.2, 0.25) is 0 Å². The number of carbonyl (C=O) groups is 3. The molecule has 20 heteroatoms. The number of hydrogen-bond donors (Lipinski definition) is 5. The topological polar surface area (TPSA) is 254 Å². The monoisotopic (exact) mass is 902 g/mol. The van der Waals surface area contributed by atoms with Gasteiger partial charge in [-0.15, -0.1) is 0 Å². The number of rotatable bonds is 10. The van der Waals surface area contributed by atoms with Crippen LogP contribution in [-0.2, 0) is 29.8 Å².